The van der Waals surface area contributed by atoms with Crippen molar-refractivity contribution in [1.29, 1.82) is 0 Å². The number of carbonyl (C=O) groups excluding carboxylic acids is 1. The summed E-state index contributed by atoms with van der Waals surface area (Å²) < 4.78 is 2.10. The Hall–Kier alpha value is -3.51. The molecule has 0 atom stereocenters. The lowest BCUT2D eigenvalue weighted by atomic mass is 10.2. The lowest BCUT2D eigenvalue weighted by molar-refractivity contribution is 0.102. The molecule has 5 rings (SSSR count). The number of amides is 1. The fourth-order valence-electron chi connectivity index (χ4n) is 3.34. The molecule has 0 bridgehead atoms. The Bertz CT molecular complexity index is 1330. The number of nitrogens with one attached hydrogen (secondary N) is 1. The van der Waals surface area contributed by atoms with Gasteiger partial charge in [-0.25, -0.2) is 4.98 Å². The van der Waals surface area contributed by atoms with E-state index in [0.29, 0.717) is 5.69 Å². The molecule has 0 aliphatic rings. The molecule has 3 heterocycles. The van der Waals surface area contributed by atoms with Gasteiger partial charge in [0.1, 0.15) is 10.7 Å². The average molecular weight is 384 g/mol. The summed E-state index contributed by atoms with van der Waals surface area (Å²) in [7, 11) is 2.02. The van der Waals surface area contributed by atoms with Crippen LogP contribution in [-0.2, 0) is 7.05 Å². The van der Waals surface area contributed by atoms with Gasteiger partial charge in [0, 0.05) is 40.6 Å². The van der Waals surface area contributed by atoms with Crippen LogP contribution >= 0.6 is 11.3 Å². The van der Waals surface area contributed by atoms with Gasteiger partial charge in [-0.15, -0.1) is 11.3 Å². The van der Waals surface area contributed by atoms with Crippen LogP contribution in [0.2, 0.25) is 0 Å². The van der Waals surface area contributed by atoms with Crippen molar-refractivity contribution >= 4 is 44.7 Å². The van der Waals surface area contributed by atoms with Crippen molar-refractivity contribution in [3.8, 4) is 10.7 Å². The van der Waals surface area contributed by atoms with Crippen LogP contribution in [0.1, 0.15) is 10.5 Å². The van der Waals surface area contributed by atoms with Crippen LogP contribution in [0.15, 0.2) is 72.2 Å². The van der Waals surface area contributed by atoms with E-state index in [1.54, 1.807) is 11.6 Å². The summed E-state index contributed by atoms with van der Waals surface area (Å²) in [5, 5.41) is 7.69. The molecule has 3 aromatic heterocycles. The van der Waals surface area contributed by atoms with E-state index >= 15 is 0 Å². The third kappa shape index (κ3) is 2.84. The zero-order chi connectivity index (χ0) is 19.1. The molecule has 0 radical (unpaired) electrons. The first-order chi connectivity index (χ1) is 13.7. The van der Waals surface area contributed by atoms with E-state index in [4.69, 9.17) is 0 Å². The van der Waals surface area contributed by atoms with E-state index in [2.05, 4.69) is 38.1 Å². The molecule has 0 aliphatic carbocycles. The number of benzene rings is 2. The highest BCUT2D eigenvalue weighted by Gasteiger charge is 2.15. The van der Waals surface area contributed by atoms with Crippen LogP contribution in [0, 0.1) is 0 Å². The Kier molecular flexibility index (Phi) is 3.91. The fraction of sp³-hybridized carbons (Fsp3) is 0.0455. The molecule has 28 heavy (non-hydrogen) atoms. The van der Waals surface area contributed by atoms with Gasteiger partial charge in [-0.1, -0.05) is 24.3 Å². The Morgan fingerprint density at radius 1 is 1.04 bits per heavy atom. The number of para-hydroxylation sites is 1. The number of pyridine rings is 1. The smallest absolute Gasteiger partial charge is 0.275 e. The Morgan fingerprint density at radius 3 is 2.79 bits per heavy atom. The minimum Gasteiger partial charge on any atom is -0.342 e. The molecule has 0 unspecified atom stereocenters. The number of carbonyl (C=O) groups is 1. The summed E-state index contributed by atoms with van der Waals surface area (Å²) in [4.78, 5) is 21.5. The summed E-state index contributed by atoms with van der Waals surface area (Å²) in [6.45, 7) is 0. The number of aryl methyl sites for hydroxylation is 1. The lowest BCUT2D eigenvalue weighted by Crippen LogP contribution is -2.12. The molecule has 0 saturated heterocycles. The van der Waals surface area contributed by atoms with Crippen molar-refractivity contribution in [3.05, 3.63) is 77.9 Å². The number of fused-ring (bicyclic) bond motifs is 2. The monoisotopic (exact) mass is 384 g/mol. The largest absolute Gasteiger partial charge is 0.342 e. The molecular formula is C22H16N4OS. The van der Waals surface area contributed by atoms with E-state index in [0.717, 1.165) is 38.2 Å². The van der Waals surface area contributed by atoms with Crippen LogP contribution in [0.25, 0.3) is 32.5 Å². The molecular weight excluding hydrogens is 368 g/mol. The van der Waals surface area contributed by atoms with Crippen LogP contribution < -0.4 is 5.32 Å². The van der Waals surface area contributed by atoms with E-state index in [1.165, 1.54) is 11.3 Å². The first-order valence-electron chi connectivity index (χ1n) is 8.85. The Labute approximate surface area is 165 Å². The second kappa shape index (κ2) is 6.58. The first kappa shape index (κ1) is 16.6. The van der Waals surface area contributed by atoms with Gasteiger partial charge in [-0.05, 0) is 36.4 Å². The van der Waals surface area contributed by atoms with Gasteiger partial charge in [-0.3, -0.25) is 9.78 Å². The lowest BCUT2D eigenvalue weighted by Gasteiger charge is -2.04. The highest BCUT2D eigenvalue weighted by atomic mass is 32.1. The van der Waals surface area contributed by atoms with Gasteiger partial charge in [0.05, 0.1) is 11.2 Å². The Balaban J connectivity index is 1.43. The maximum Gasteiger partial charge on any atom is 0.275 e. The standard InChI is InChI=1S/C22H16N4OS/c1-26-19-7-3-2-5-15(19)12-20(26)22-25-18(13-28-22)21(27)24-16-8-9-17-14(11-16)6-4-10-23-17/h2-13H,1H3,(H,24,27). The molecule has 0 spiro atoms. The molecule has 0 saturated carbocycles. The normalized spacial score (nSPS) is 11.2. The number of nitrogens with zero attached hydrogens (tertiary/aromatic N) is 3. The van der Waals surface area contributed by atoms with E-state index in [9.17, 15) is 4.79 Å². The SMILES string of the molecule is Cn1c(-c2nc(C(=O)Nc3ccc4ncccc4c3)cs2)cc2ccccc21. The van der Waals surface area contributed by atoms with Gasteiger partial charge in [0.2, 0.25) is 0 Å². The number of rotatable bonds is 3. The summed E-state index contributed by atoms with van der Waals surface area (Å²) in [6.07, 6.45) is 1.75. The molecule has 5 nitrogen and oxygen atoms in total. The molecule has 1 N–H and O–H groups in total. The summed E-state index contributed by atoms with van der Waals surface area (Å²) >= 11 is 1.47. The summed E-state index contributed by atoms with van der Waals surface area (Å²) in [5.41, 5.74) is 4.18. The predicted molar refractivity (Wildman–Crippen MR) is 114 cm³/mol. The predicted octanol–water partition coefficient (Wildman–Crippen LogP) is 5.10. The van der Waals surface area contributed by atoms with E-state index in [-0.39, 0.29) is 5.91 Å². The molecule has 6 heteroatoms. The van der Waals surface area contributed by atoms with Gasteiger partial charge in [0.15, 0.2) is 0 Å². The highest BCUT2D eigenvalue weighted by Crippen LogP contribution is 2.29. The number of anilines is 1. The van der Waals surface area contributed by atoms with E-state index in [1.807, 2.05) is 49.5 Å². The van der Waals surface area contributed by atoms with Crippen molar-refractivity contribution in [2.24, 2.45) is 7.05 Å². The number of thiazole rings is 1. The van der Waals surface area contributed by atoms with Gasteiger partial charge >= 0.3 is 0 Å². The van der Waals surface area contributed by atoms with Crippen molar-refractivity contribution in [2.75, 3.05) is 5.32 Å². The maximum atomic E-state index is 12.7. The zero-order valence-corrected chi connectivity index (χ0v) is 15.9. The van der Waals surface area contributed by atoms with Crippen molar-refractivity contribution in [2.45, 2.75) is 0 Å². The Morgan fingerprint density at radius 2 is 1.89 bits per heavy atom. The minimum atomic E-state index is -0.218. The number of aromatic nitrogens is 3. The van der Waals surface area contributed by atoms with Gasteiger partial charge in [0.25, 0.3) is 5.91 Å². The summed E-state index contributed by atoms with van der Waals surface area (Å²) in [5.74, 6) is -0.218. The quantitative estimate of drug-likeness (QED) is 0.471. The van der Waals surface area contributed by atoms with Crippen LogP contribution in [0.4, 0.5) is 5.69 Å². The zero-order valence-electron chi connectivity index (χ0n) is 15.1. The molecule has 1 amide bonds. The van der Waals surface area contributed by atoms with Crippen LogP contribution in [0.5, 0.6) is 0 Å². The molecule has 0 fully saturated rings. The minimum absolute atomic E-state index is 0.218. The fourth-order valence-corrected chi connectivity index (χ4v) is 4.19. The molecule has 2 aromatic carbocycles. The van der Waals surface area contributed by atoms with Crippen LogP contribution in [0.3, 0.4) is 0 Å². The second-order valence-electron chi connectivity index (χ2n) is 6.55. The maximum absolute atomic E-state index is 12.7. The van der Waals surface area contributed by atoms with Crippen LogP contribution in [-0.4, -0.2) is 20.4 Å². The van der Waals surface area contributed by atoms with E-state index < -0.39 is 0 Å². The molecule has 0 aliphatic heterocycles. The number of hydrogen-bond donors (Lipinski definition) is 1. The van der Waals surface area contributed by atoms with Gasteiger partial charge < -0.3 is 9.88 Å². The third-order valence-corrected chi connectivity index (χ3v) is 5.63. The third-order valence-electron chi connectivity index (χ3n) is 4.77. The molecule has 136 valence electrons. The van der Waals surface area contributed by atoms with Crippen molar-refractivity contribution in [3.63, 3.8) is 0 Å². The highest BCUT2D eigenvalue weighted by molar-refractivity contribution is 7.13. The molecule has 5 aromatic rings. The first-order valence-corrected chi connectivity index (χ1v) is 9.73. The second-order valence-corrected chi connectivity index (χ2v) is 7.41. The topological polar surface area (TPSA) is 59.8 Å². The van der Waals surface area contributed by atoms with Gasteiger partial charge in [-0.2, -0.15) is 0 Å². The average Bonchev–Trinajstić information content (AvgIpc) is 3.33. The van der Waals surface area contributed by atoms with Crippen molar-refractivity contribution in [1.82, 2.24) is 14.5 Å². The van der Waals surface area contributed by atoms with Crippen molar-refractivity contribution < 1.29 is 4.79 Å². The summed E-state index contributed by atoms with van der Waals surface area (Å²) in [6, 6.07) is 19.8. The number of hydrogen-bond acceptors (Lipinski definition) is 4.